The molecule has 0 atom stereocenters. The van der Waals surface area contributed by atoms with E-state index in [0.717, 1.165) is 11.3 Å². The molecule has 0 aliphatic rings. The van der Waals surface area contributed by atoms with Gasteiger partial charge in [0, 0.05) is 35.7 Å². The van der Waals surface area contributed by atoms with Crippen molar-refractivity contribution < 1.29 is 4.79 Å². The molecule has 3 rings (SSSR count). The quantitative estimate of drug-likeness (QED) is 0.542. The molecule has 0 N–H and O–H groups in total. The highest BCUT2D eigenvalue weighted by molar-refractivity contribution is 7.99. The molecule has 0 fully saturated rings. The molecule has 0 spiro atoms. The van der Waals surface area contributed by atoms with Crippen molar-refractivity contribution >= 4 is 17.7 Å². The average Bonchev–Trinajstić information content (AvgIpc) is 3.11. The summed E-state index contributed by atoms with van der Waals surface area (Å²) in [6, 6.07) is 12.3. The van der Waals surface area contributed by atoms with E-state index in [1.54, 1.807) is 12.4 Å². The zero-order valence-electron chi connectivity index (χ0n) is 17.5. The SMILES string of the molecule is Cc1ccc(-n2c(SCC(=O)N(C(C)C)C(C)C)nnc2-c2cccnc2)cc1. The lowest BCUT2D eigenvalue weighted by molar-refractivity contribution is -0.131. The maximum absolute atomic E-state index is 12.8. The van der Waals surface area contributed by atoms with Crippen molar-refractivity contribution in [2.75, 3.05) is 5.75 Å². The van der Waals surface area contributed by atoms with Crippen LogP contribution in [0.2, 0.25) is 0 Å². The Bertz CT molecular complexity index is 943. The molecule has 6 nitrogen and oxygen atoms in total. The van der Waals surface area contributed by atoms with Crippen LogP contribution in [0.5, 0.6) is 0 Å². The molecule has 0 saturated carbocycles. The van der Waals surface area contributed by atoms with Gasteiger partial charge in [-0.25, -0.2) is 0 Å². The van der Waals surface area contributed by atoms with E-state index in [9.17, 15) is 4.79 Å². The highest BCUT2D eigenvalue weighted by atomic mass is 32.2. The molecule has 152 valence electrons. The van der Waals surface area contributed by atoms with Crippen molar-refractivity contribution in [1.29, 1.82) is 0 Å². The summed E-state index contributed by atoms with van der Waals surface area (Å²) in [4.78, 5) is 18.9. The van der Waals surface area contributed by atoms with Crippen LogP contribution < -0.4 is 0 Å². The van der Waals surface area contributed by atoms with Gasteiger partial charge in [0.1, 0.15) is 0 Å². The highest BCUT2D eigenvalue weighted by Crippen LogP contribution is 2.28. The van der Waals surface area contributed by atoms with Gasteiger partial charge in [0.2, 0.25) is 5.91 Å². The molecule has 7 heteroatoms. The zero-order chi connectivity index (χ0) is 21.0. The van der Waals surface area contributed by atoms with Gasteiger partial charge in [0.05, 0.1) is 5.75 Å². The summed E-state index contributed by atoms with van der Waals surface area (Å²) < 4.78 is 1.99. The molecule has 0 unspecified atom stereocenters. The molecule has 29 heavy (non-hydrogen) atoms. The van der Waals surface area contributed by atoms with Crippen molar-refractivity contribution in [3.63, 3.8) is 0 Å². The van der Waals surface area contributed by atoms with Gasteiger partial charge < -0.3 is 4.90 Å². The Labute approximate surface area is 176 Å². The third kappa shape index (κ3) is 4.85. The molecule has 0 bridgehead atoms. The summed E-state index contributed by atoms with van der Waals surface area (Å²) in [6.07, 6.45) is 3.50. The minimum atomic E-state index is 0.0985. The van der Waals surface area contributed by atoms with E-state index in [-0.39, 0.29) is 18.0 Å². The molecule has 2 heterocycles. The minimum absolute atomic E-state index is 0.0985. The number of carbonyl (C=O) groups is 1. The topological polar surface area (TPSA) is 63.9 Å². The van der Waals surface area contributed by atoms with Crippen LogP contribution in [0.15, 0.2) is 53.9 Å². The Morgan fingerprint density at radius 3 is 2.34 bits per heavy atom. The second kappa shape index (κ2) is 9.22. The van der Waals surface area contributed by atoms with Crippen LogP contribution in [-0.4, -0.2) is 48.4 Å². The Hall–Kier alpha value is -2.67. The first kappa shape index (κ1) is 21.0. The van der Waals surface area contributed by atoms with E-state index >= 15 is 0 Å². The number of amides is 1. The number of rotatable bonds is 7. The number of carbonyl (C=O) groups excluding carboxylic acids is 1. The van der Waals surface area contributed by atoms with Crippen molar-refractivity contribution in [3.05, 3.63) is 54.4 Å². The zero-order valence-corrected chi connectivity index (χ0v) is 18.3. The summed E-state index contributed by atoms with van der Waals surface area (Å²) in [7, 11) is 0. The van der Waals surface area contributed by atoms with Crippen LogP contribution in [0.4, 0.5) is 0 Å². The van der Waals surface area contributed by atoms with Gasteiger partial charge >= 0.3 is 0 Å². The van der Waals surface area contributed by atoms with Crippen LogP contribution in [0.3, 0.4) is 0 Å². The third-order valence-electron chi connectivity index (χ3n) is 4.57. The number of aromatic nitrogens is 4. The molecule has 2 aromatic heterocycles. The fourth-order valence-electron chi connectivity index (χ4n) is 3.35. The molecule has 1 aromatic carbocycles. The number of hydrogen-bond acceptors (Lipinski definition) is 5. The van der Waals surface area contributed by atoms with Crippen LogP contribution in [0, 0.1) is 6.92 Å². The lowest BCUT2D eigenvalue weighted by Gasteiger charge is -2.30. The van der Waals surface area contributed by atoms with E-state index < -0.39 is 0 Å². The lowest BCUT2D eigenvalue weighted by atomic mass is 10.2. The van der Waals surface area contributed by atoms with E-state index in [4.69, 9.17) is 0 Å². The van der Waals surface area contributed by atoms with E-state index in [1.807, 2.05) is 61.4 Å². The van der Waals surface area contributed by atoms with Crippen LogP contribution in [0.25, 0.3) is 17.1 Å². The Kier molecular flexibility index (Phi) is 6.69. The second-order valence-electron chi connectivity index (χ2n) is 7.50. The van der Waals surface area contributed by atoms with Gasteiger partial charge in [0.15, 0.2) is 11.0 Å². The van der Waals surface area contributed by atoms with Crippen molar-refractivity contribution in [1.82, 2.24) is 24.6 Å². The molecular weight excluding hydrogens is 382 g/mol. The molecular formula is C22H27N5OS. The van der Waals surface area contributed by atoms with Gasteiger partial charge in [-0.2, -0.15) is 0 Å². The van der Waals surface area contributed by atoms with Crippen molar-refractivity contribution in [2.45, 2.75) is 51.9 Å². The number of pyridine rings is 1. The summed E-state index contributed by atoms with van der Waals surface area (Å²) in [6.45, 7) is 10.2. The van der Waals surface area contributed by atoms with E-state index in [0.29, 0.717) is 16.7 Å². The number of benzene rings is 1. The van der Waals surface area contributed by atoms with Crippen LogP contribution in [-0.2, 0) is 4.79 Å². The summed E-state index contributed by atoms with van der Waals surface area (Å²) in [5, 5.41) is 9.48. The van der Waals surface area contributed by atoms with Gasteiger partial charge in [-0.1, -0.05) is 29.5 Å². The Morgan fingerprint density at radius 1 is 1.07 bits per heavy atom. The van der Waals surface area contributed by atoms with E-state index in [1.165, 1.54) is 17.3 Å². The molecule has 3 aromatic rings. The minimum Gasteiger partial charge on any atom is -0.337 e. The van der Waals surface area contributed by atoms with Gasteiger partial charge in [-0.05, 0) is 58.9 Å². The normalized spacial score (nSPS) is 11.3. The Balaban J connectivity index is 1.94. The highest BCUT2D eigenvalue weighted by Gasteiger charge is 2.22. The fourth-order valence-corrected chi connectivity index (χ4v) is 4.17. The first-order chi connectivity index (χ1) is 13.9. The van der Waals surface area contributed by atoms with Crippen molar-refractivity contribution in [3.8, 4) is 17.1 Å². The summed E-state index contributed by atoms with van der Waals surface area (Å²) in [5.41, 5.74) is 3.02. The molecule has 0 radical (unpaired) electrons. The summed E-state index contributed by atoms with van der Waals surface area (Å²) >= 11 is 1.41. The number of nitrogens with zero attached hydrogens (tertiary/aromatic N) is 5. The van der Waals surface area contributed by atoms with Gasteiger partial charge in [0.25, 0.3) is 0 Å². The molecule has 0 aliphatic heterocycles. The first-order valence-corrected chi connectivity index (χ1v) is 10.7. The Morgan fingerprint density at radius 2 is 1.76 bits per heavy atom. The maximum atomic E-state index is 12.8. The predicted molar refractivity (Wildman–Crippen MR) is 117 cm³/mol. The number of aryl methyl sites for hydroxylation is 1. The monoisotopic (exact) mass is 409 g/mol. The average molecular weight is 410 g/mol. The number of hydrogen-bond donors (Lipinski definition) is 0. The summed E-state index contributed by atoms with van der Waals surface area (Å²) in [5.74, 6) is 1.12. The van der Waals surface area contributed by atoms with E-state index in [2.05, 4.69) is 34.2 Å². The smallest absolute Gasteiger partial charge is 0.233 e. The molecule has 1 amide bonds. The van der Waals surface area contributed by atoms with Crippen LogP contribution in [0.1, 0.15) is 33.3 Å². The van der Waals surface area contributed by atoms with Gasteiger partial charge in [-0.3, -0.25) is 14.3 Å². The third-order valence-corrected chi connectivity index (χ3v) is 5.48. The van der Waals surface area contributed by atoms with Crippen LogP contribution >= 0.6 is 11.8 Å². The van der Waals surface area contributed by atoms with Crippen molar-refractivity contribution in [2.24, 2.45) is 0 Å². The maximum Gasteiger partial charge on any atom is 0.233 e. The molecule has 0 aliphatic carbocycles. The second-order valence-corrected chi connectivity index (χ2v) is 8.44. The predicted octanol–water partition coefficient (Wildman–Crippen LogP) is 4.38. The number of thioether (sulfide) groups is 1. The lowest BCUT2D eigenvalue weighted by Crippen LogP contribution is -2.43. The van der Waals surface area contributed by atoms with Gasteiger partial charge in [-0.15, -0.1) is 10.2 Å². The molecule has 0 saturated heterocycles. The standard InChI is InChI=1S/C22H27N5OS/c1-15(2)26(16(3)4)20(28)14-29-22-25-24-21(18-7-6-12-23-13-18)27(22)19-10-8-17(5)9-11-19/h6-13,15-16H,14H2,1-5H3. The largest absolute Gasteiger partial charge is 0.337 e. The fraction of sp³-hybridized carbons (Fsp3) is 0.364. The first-order valence-electron chi connectivity index (χ1n) is 9.75.